The zero-order valence-corrected chi connectivity index (χ0v) is 33.3. The number of nitrogens with zero attached hydrogens (tertiary/aromatic N) is 2. The molecule has 1 aliphatic rings. The number of cyclic esters (lactones) is 1. The summed E-state index contributed by atoms with van der Waals surface area (Å²) in [4.78, 5) is 16.4. The fraction of sp³-hybridized carbons (Fsp3) is 0.553. The minimum absolute atomic E-state index is 0.275. The van der Waals surface area contributed by atoms with Crippen molar-refractivity contribution < 1.29 is 14.3 Å². The molecule has 1 atom stereocenters. The molecule has 0 saturated heterocycles. The van der Waals surface area contributed by atoms with E-state index < -0.39 is 5.60 Å². The summed E-state index contributed by atoms with van der Waals surface area (Å²) in [7, 11) is 0. The van der Waals surface area contributed by atoms with E-state index in [0.717, 1.165) is 67.0 Å². The first-order chi connectivity index (χ1) is 25.5. The largest absolute Gasteiger partial charge is 0.493 e. The third-order valence-corrected chi connectivity index (χ3v) is 11.4. The Balaban J connectivity index is 1.68. The predicted octanol–water partition coefficient (Wildman–Crippen LogP) is 12.7. The van der Waals surface area contributed by atoms with Crippen molar-refractivity contribution in [3.05, 3.63) is 94.2 Å². The first-order valence-electron chi connectivity index (χ1n) is 20.9. The van der Waals surface area contributed by atoms with E-state index in [4.69, 9.17) is 9.47 Å². The second-order valence-corrected chi connectivity index (χ2v) is 14.8. The van der Waals surface area contributed by atoms with Crippen molar-refractivity contribution in [3.8, 4) is 5.75 Å². The third-order valence-electron chi connectivity index (χ3n) is 11.4. The highest BCUT2D eigenvalue weighted by Gasteiger charge is 2.52. The fourth-order valence-corrected chi connectivity index (χ4v) is 8.62. The molecule has 0 amide bonds. The predicted molar refractivity (Wildman–Crippen MR) is 219 cm³/mol. The number of rotatable bonds is 23. The maximum atomic E-state index is 14.1. The molecule has 1 unspecified atom stereocenters. The number of aryl methyl sites for hydroxylation is 2. The van der Waals surface area contributed by atoms with E-state index in [9.17, 15) is 4.79 Å². The summed E-state index contributed by atoms with van der Waals surface area (Å²) in [5.74, 6) is 0.496. The van der Waals surface area contributed by atoms with Crippen LogP contribution in [0.5, 0.6) is 5.75 Å². The molecule has 0 saturated carbocycles. The number of esters is 1. The van der Waals surface area contributed by atoms with Gasteiger partial charge < -0.3 is 18.9 Å². The first-order valence-corrected chi connectivity index (χ1v) is 20.9. The lowest BCUT2D eigenvalue weighted by atomic mass is 9.77. The van der Waals surface area contributed by atoms with Gasteiger partial charge in [0.1, 0.15) is 5.75 Å². The summed E-state index contributed by atoms with van der Waals surface area (Å²) in [6, 6.07) is 21.4. The van der Waals surface area contributed by atoms with E-state index >= 15 is 0 Å². The van der Waals surface area contributed by atoms with Crippen molar-refractivity contribution >= 4 is 22.6 Å². The highest BCUT2D eigenvalue weighted by Crippen LogP contribution is 2.54. The molecule has 282 valence electrons. The second kappa shape index (κ2) is 19.4. The van der Waals surface area contributed by atoms with Crippen LogP contribution in [0.15, 0.2) is 60.7 Å². The molecule has 3 aromatic carbocycles. The molecular weight excluding hydrogens is 641 g/mol. The molecule has 0 spiro atoms. The number of hydrogen-bond donors (Lipinski definition) is 0. The number of hydrogen-bond acceptors (Lipinski definition) is 4. The summed E-state index contributed by atoms with van der Waals surface area (Å²) in [6.07, 6.45) is 18.8. The number of carbonyl (C=O) groups excluding carboxylic acids is 1. The third kappa shape index (κ3) is 8.40. The Morgan fingerprint density at radius 2 is 1.37 bits per heavy atom. The Morgan fingerprint density at radius 1 is 0.712 bits per heavy atom. The molecule has 5 rings (SSSR count). The van der Waals surface area contributed by atoms with Crippen molar-refractivity contribution in [1.82, 2.24) is 4.57 Å². The van der Waals surface area contributed by atoms with Crippen molar-refractivity contribution in [2.45, 2.75) is 150 Å². The van der Waals surface area contributed by atoms with Crippen molar-refractivity contribution in [3.63, 3.8) is 0 Å². The molecule has 52 heavy (non-hydrogen) atoms. The van der Waals surface area contributed by atoms with Crippen LogP contribution in [0.3, 0.4) is 0 Å². The lowest BCUT2D eigenvalue weighted by Gasteiger charge is -2.33. The Bertz CT molecular complexity index is 1730. The van der Waals surface area contributed by atoms with Crippen LogP contribution in [0.1, 0.15) is 163 Å². The summed E-state index contributed by atoms with van der Waals surface area (Å²) >= 11 is 0. The van der Waals surface area contributed by atoms with Gasteiger partial charge in [-0.25, -0.2) is 4.79 Å². The van der Waals surface area contributed by atoms with Gasteiger partial charge in [-0.15, -0.1) is 0 Å². The molecule has 1 aromatic heterocycles. The SMILES string of the molecule is CCCCCCCCCCc1cccc2c1c(C1(c3ccc(N(CC)CC)cc3OCC)OC(=O)c3ccccc31)c(C)n2CCCCCCCC. The van der Waals surface area contributed by atoms with Gasteiger partial charge >= 0.3 is 5.97 Å². The van der Waals surface area contributed by atoms with Crippen molar-refractivity contribution in [2.24, 2.45) is 0 Å². The van der Waals surface area contributed by atoms with Gasteiger partial charge in [0.25, 0.3) is 0 Å². The van der Waals surface area contributed by atoms with Crippen LogP contribution in [-0.4, -0.2) is 30.2 Å². The van der Waals surface area contributed by atoms with Crippen LogP contribution in [0, 0.1) is 6.92 Å². The number of anilines is 1. The van der Waals surface area contributed by atoms with Gasteiger partial charge in [-0.2, -0.15) is 0 Å². The van der Waals surface area contributed by atoms with Gasteiger partial charge in [-0.05, 0) is 76.8 Å². The summed E-state index contributed by atoms with van der Waals surface area (Å²) in [5, 5.41) is 1.24. The number of carbonyl (C=O) groups is 1. The van der Waals surface area contributed by atoms with E-state index in [1.54, 1.807) is 0 Å². The van der Waals surface area contributed by atoms with Gasteiger partial charge in [0.05, 0.1) is 12.2 Å². The van der Waals surface area contributed by atoms with Crippen molar-refractivity contribution in [1.29, 1.82) is 0 Å². The van der Waals surface area contributed by atoms with E-state index in [-0.39, 0.29) is 5.97 Å². The fourth-order valence-electron chi connectivity index (χ4n) is 8.62. The van der Waals surface area contributed by atoms with Crippen LogP contribution in [0.2, 0.25) is 0 Å². The van der Waals surface area contributed by atoms with Crippen molar-refractivity contribution in [2.75, 3.05) is 24.6 Å². The molecule has 5 nitrogen and oxygen atoms in total. The Labute approximate surface area is 315 Å². The average molecular weight is 707 g/mol. The minimum Gasteiger partial charge on any atom is -0.493 e. The smallest absolute Gasteiger partial charge is 0.340 e. The molecular formula is C47H66N2O3. The summed E-state index contributed by atoms with van der Waals surface area (Å²) < 4.78 is 16.0. The topological polar surface area (TPSA) is 43.7 Å². The molecule has 0 fully saturated rings. The Kier molecular flexibility index (Phi) is 14.7. The quantitative estimate of drug-likeness (QED) is 0.0569. The minimum atomic E-state index is -1.15. The van der Waals surface area contributed by atoms with E-state index in [1.807, 2.05) is 25.1 Å². The Morgan fingerprint density at radius 3 is 2.04 bits per heavy atom. The Hall–Kier alpha value is -3.73. The van der Waals surface area contributed by atoms with Gasteiger partial charge in [0, 0.05) is 64.7 Å². The van der Waals surface area contributed by atoms with E-state index in [2.05, 4.69) is 86.6 Å². The highest BCUT2D eigenvalue weighted by molar-refractivity contribution is 5.99. The molecule has 0 bridgehead atoms. The van der Waals surface area contributed by atoms with Gasteiger partial charge in [-0.1, -0.05) is 121 Å². The van der Waals surface area contributed by atoms with Crippen LogP contribution in [0.25, 0.3) is 10.9 Å². The molecule has 0 aliphatic carbocycles. The average Bonchev–Trinajstić information content (AvgIpc) is 3.62. The first kappa shape index (κ1) is 39.5. The monoisotopic (exact) mass is 707 g/mol. The van der Waals surface area contributed by atoms with Gasteiger partial charge in [0.15, 0.2) is 5.60 Å². The zero-order chi connectivity index (χ0) is 36.9. The van der Waals surface area contributed by atoms with Gasteiger partial charge in [-0.3, -0.25) is 0 Å². The normalized spacial score (nSPS) is 15.3. The van der Waals surface area contributed by atoms with E-state index in [0.29, 0.717) is 12.2 Å². The molecule has 0 radical (unpaired) electrons. The summed E-state index contributed by atoms with van der Waals surface area (Å²) in [6.45, 7) is 16.5. The number of fused-ring (bicyclic) bond motifs is 2. The lowest BCUT2D eigenvalue weighted by Crippen LogP contribution is -2.32. The molecule has 4 aromatic rings. The maximum Gasteiger partial charge on any atom is 0.340 e. The number of unbranched alkanes of at least 4 members (excludes halogenated alkanes) is 12. The number of benzene rings is 3. The standard InChI is InChI=1S/C47H66N2O3/c1-7-12-14-16-18-19-20-22-27-37-28-26-31-42-44(37)45(36(6)49(42)34-25-21-17-15-13-8-2)47(40-30-24-23-29-39(40)46(50)52-47)41-33-32-38(48(9-3)10-4)35-43(41)51-11-5/h23-24,26,28-33,35H,7-22,25,27,34H2,1-6H3. The van der Waals surface area contributed by atoms with Crippen LogP contribution in [-0.2, 0) is 23.3 Å². The maximum absolute atomic E-state index is 14.1. The molecule has 5 heteroatoms. The van der Waals surface area contributed by atoms with E-state index in [1.165, 1.54) is 99.2 Å². The second-order valence-electron chi connectivity index (χ2n) is 14.8. The number of ether oxygens (including phenoxy) is 2. The zero-order valence-electron chi connectivity index (χ0n) is 33.3. The molecule has 1 aliphatic heterocycles. The summed E-state index contributed by atoms with van der Waals surface area (Å²) in [5.41, 5.74) is 7.26. The molecule has 2 heterocycles. The number of aromatic nitrogens is 1. The molecule has 0 N–H and O–H groups in total. The highest BCUT2D eigenvalue weighted by atomic mass is 16.6. The van der Waals surface area contributed by atoms with Crippen LogP contribution >= 0.6 is 0 Å². The van der Waals surface area contributed by atoms with Crippen LogP contribution in [0.4, 0.5) is 5.69 Å². The van der Waals surface area contributed by atoms with Gasteiger partial charge in [0.2, 0.25) is 0 Å². The van der Waals surface area contributed by atoms with Crippen LogP contribution < -0.4 is 9.64 Å². The lowest BCUT2D eigenvalue weighted by molar-refractivity contribution is 0.0246.